The molecule has 1 aliphatic rings. The van der Waals surface area contributed by atoms with Crippen LogP contribution in [0.15, 0.2) is 127 Å². The summed E-state index contributed by atoms with van der Waals surface area (Å²) in [4.78, 5) is 7.24. The standard InChI is InChI=1S/C31H21BN2S/c1-2-10-23(11-3-1)32-25-12-4-7-15-28(25)34(29-16-8-5-13-26(29)32)24-20-18-22(19-21-24)31-33-27-14-6-9-17-30(27)35-31/h1-21H. The number of hydrogen-bond acceptors (Lipinski definition) is 3. The number of anilines is 3. The smallest absolute Gasteiger partial charge is 0.246 e. The molecule has 0 bridgehead atoms. The van der Waals surface area contributed by atoms with E-state index in [0.29, 0.717) is 0 Å². The molecule has 0 saturated heterocycles. The topological polar surface area (TPSA) is 16.1 Å². The lowest BCUT2D eigenvalue weighted by atomic mass is 9.35. The number of benzene rings is 5. The van der Waals surface area contributed by atoms with Gasteiger partial charge in [0, 0.05) is 22.6 Å². The van der Waals surface area contributed by atoms with Crippen molar-refractivity contribution in [3.63, 3.8) is 0 Å². The van der Waals surface area contributed by atoms with Crippen LogP contribution in [0.4, 0.5) is 17.1 Å². The van der Waals surface area contributed by atoms with E-state index < -0.39 is 0 Å². The molecule has 0 spiro atoms. The highest BCUT2D eigenvalue weighted by Crippen LogP contribution is 2.37. The van der Waals surface area contributed by atoms with Gasteiger partial charge in [-0.25, -0.2) is 4.98 Å². The van der Waals surface area contributed by atoms with Crippen LogP contribution in [0.5, 0.6) is 0 Å². The Morgan fingerprint density at radius 3 is 1.86 bits per heavy atom. The first-order valence-electron chi connectivity index (χ1n) is 11.9. The molecule has 0 amide bonds. The zero-order valence-corrected chi connectivity index (χ0v) is 19.8. The third kappa shape index (κ3) is 3.37. The molecule has 1 aromatic heterocycles. The van der Waals surface area contributed by atoms with Crippen molar-refractivity contribution in [2.75, 3.05) is 4.90 Å². The summed E-state index contributed by atoms with van der Waals surface area (Å²) in [5.74, 6) is 0. The van der Waals surface area contributed by atoms with Crippen LogP contribution < -0.4 is 21.3 Å². The molecule has 0 radical (unpaired) electrons. The Labute approximate surface area is 209 Å². The average Bonchev–Trinajstić information content (AvgIpc) is 3.37. The maximum atomic E-state index is 4.85. The first kappa shape index (κ1) is 20.2. The summed E-state index contributed by atoms with van der Waals surface area (Å²) in [5.41, 5.74) is 9.79. The van der Waals surface area contributed by atoms with Gasteiger partial charge in [-0.05, 0) is 59.5 Å². The highest BCUT2D eigenvalue weighted by Gasteiger charge is 2.34. The summed E-state index contributed by atoms with van der Waals surface area (Å²) in [7, 11) is 0. The first-order chi connectivity index (χ1) is 17.4. The SMILES string of the molecule is c1ccc(B2c3ccccc3N(c3ccc(-c4nc5ccccc5s4)cc3)c3ccccc32)cc1. The second-order valence-corrected chi connectivity index (χ2v) is 9.86. The summed E-state index contributed by atoms with van der Waals surface area (Å²) in [6.45, 7) is 0.210. The van der Waals surface area contributed by atoms with Crippen molar-refractivity contribution in [1.82, 2.24) is 4.98 Å². The van der Waals surface area contributed by atoms with Gasteiger partial charge in [-0.2, -0.15) is 0 Å². The summed E-state index contributed by atoms with van der Waals surface area (Å²) >= 11 is 1.74. The average molecular weight is 464 g/mol. The van der Waals surface area contributed by atoms with Crippen LogP contribution in [0.1, 0.15) is 0 Å². The predicted molar refractivity (Wildman–Crippen MR) is 151 cm³/mol. The Hall–Kier alpha value is -4.15. The van der Waals surface area contributed by atoms with Crippen LogP contribution in [0.3, 0.4) is 0 Å². The van der Waals surface area contributed by atoms with Crippen molar-refractivity contribution >= 4 is 61.7 Å². The van der Waals surface area contributed by atoms with Crippen LogP contribution in [0, 0.1) is 0 Å². The van der Waals surface area contributed by atoms with Gasteiger partial charge in [-0.1, -0.05) is 84.3 Å². The van der Waals surface area contributed by atoms with E-state index in [4.69, 9.17) is 4.98 Å². The van der Waals surface area contributed by atoms with Gasteiger partial charge >= 0.3 is 0 Å². The number of aromatic nitrogens is 1. The van der Waals surface area contributed by atoms with E-state index in [1.807, 2.05) is 6.07 Å². The number of rotatable bonds is 3. The zero-order chi connectivity index (χ0) is 23.2. The lowest BCUT2D eigenvalue weighted by molar-refractivity contribution is 1.29. The number of para-hydroxylation sites is 3. The number of fused-ring (bicyclic) bond motifs is 3. The largest absolute Gasteiger partial charge is 0.312 e. The molecule has 2 nitrogen and oxygen atoms in total. The van der Waals surface area contributed by atoms with Gasteiger partial charge in [0.2, 0.25) is 6.71 Å². The van der Waals surface area contributed by atoms with Gasteiger partial charge in [-0.15, -0.1) is 11.3 Å². The van der Waals surface area contributed by atoms with Crippen molar-refractivity contribution in [3.8, 4) is 10.6 Å². The molecular formula is C31H21BN2S. The van der Waals surface area contributed by atoms with Gasteiger partial charge < -0.3 is 4.90 Å². The van der Waals surface area contributed by atoms with Gasteiger partial charge in [0.05, 0.1) is 10.2 Å². The summed E-state index contributed by atoms with van der Waals surface area (Å²) in [6.07, 6.45) is 0. The lowest BCUT2D eigenvalue weighted by Gasteiger charge is -2.37. The zero-order valence-electron chi connectivity index (χ0n) is 19.0. The van der Waals surface area contributed by atoms with Gasteiger partial charge in [0.15, 0.2) is 0 Å². The molecule has 0 unspecified atom stereocenters. The van der Waals surface area contributed by atoms with Crippen molar-refractivity contribution < 1.29 is 0 Å². The van der Waals surface area contributed by atoms with Crippen LogP contribution in [0.2, 0.25) is 0 Å². The van der Waals surface area contributed by atoms with Crippen LogP contribution in [0.25, 0.3) is 20.8 Å². The monoisotopic (exact) mass is 464 g/mol. The Kier molecular flexibility index (Phi) is 4.78. The molecule has 6 aromatic rings. The highest BCUT2D eigenvalue weighted by atomic mass is 32.1. The Morgan fingerprint density at radius 1 is 0.571 bits per heavy atom. The molecule has 4 heteroatoms. The summed E-state index contributed by atoms with van der Waals surface area (Å²) < 4.78 is 1.22. The van der Waals surface area contributed by atoms with E-state index in [9.17, 15) is 0 Å². The molecule has 164 valence electrons. The Balaban J connectivity index is 1.35. The van der Waals surface area contributed by atoms with Gasteiger partial charge in [-0.3, -0.25) is 0 Å². The molecule has 0 atom stereocenters. The minimum Gasteiger partial charge on any atom is -0.312 e. The summed E-state index contributed by atoms with van der Waals surface area (Å²) in [5, 5.41) is 1.06. The van der Waals surface area contributed by atoms with E-state index in [-0.39, 0.29) is 6.71 Å². The molecule has 7 rings (SSSR count). The molecular weight excluding hydrogens is 443 g/mol. The predicted octanol–water partition coefficient (Wildman–Crippen LogP) is 6.26. The van der Waals surface area contributed by atoms with E-state index in [1.165, 1.54) is 32.5 Å². The van der Waals surface area contributed by atoms with Gasteiger partial charge in [0.25, 0.3) is 0 Å². The molecule has 2 heterocycles. The molecule has 0 saturated carbocycles. The minimum atomic E-state index is 0.210. The molecule has 1 aliphatic heterocycles. The number of thiazole rings is 1. The van der Waals surface area contributed by atoms with Crippen LogP contribution in [-0.2, 0) is 0 Å². The molecule has 0 N–H and O–H groups in total. The van der Waals surface area contributed by atoms with E-state index in [2.05, 4.69) is 126 Å². The minimum absolute atomic E-state index is 0.210. The normalized spacial score (nSPS) is 12.5. The second kappa shape index (κ2) is 8.26. The molecule has 0 aliphatic carbocycles. The highest BCUT2D eigenvalue weighted by molar-refractivity contribution is 7.21. The Morgan fingerprint density at radius 2 is 1.17 bits per heavy atom. The maximum absolute atomic E-state index is 4.85. The molecule has 0 fully saturated rings. The lowest BCUT2D eigenvalue weighted by Crippen LogP contribution is -2.57. The maximum Gasteiger partial charge on any atom is 0.246 e. The van der Waals surface area contributed by atoms with Crippen molar-refractivity contribution in [2.24, 2.45) is 0 Å². The van der Waals surface area contributed by atoms with Crippen molar-refractivity contribution in [1.29, 1.82) is 0 Å². The number of nitrogens with zero attached hydrogens (tertiary/aromatic N) is 2. The summed E-state index contributed by atoms with van der Waals surface area (Å²) in [6, 6.07) is 45.6. The van der Waals surface area contributed by atoms with Crippen molar-refractivity contribution in [3.05, 3.63) is 127 Å². The van der Waals surface area contributed by atoms with Crippen molar-refractivity contribution in [2.45, 2.75) is 0 Å². The van der Waals surface area contributed by atoms with Crippen LogP contribution in [-0.4, -0.2) is 11.7 Å². The Bertz CT molecular complexity index is 1580. The van der Waals surface area contributed by atoms with E-state index >= 15 is 0 Å². The fourth-order valence-corrected chi connectivity index (χ4v) is 6.17. The molecule has 35 heavy (non-hydrogen) atoms. The van der Waals surface area contributed by atoms with Crippen LogP contribution >= 0.6 is 11.3 Å². The second-order valence-electron chi connectivity index (χ2n) is 8.83. The van der Waals surface area contributed by atoms with E-state index in [0.717, 1.165) is 21.8 Å². The third-order valence-electron chi connectivity index (χ3n) is 6.78. The first-order valence-corrected chi connectivity index (χ1v) is 12.7. The third-order valence-corrected chi connectivity index (χ3v) is 7.86. The number of hydrogen-bond donors (Lipinski definition) is 0. The molecule has 5 aromatic carbocycles. The quantitative estimate of drug-likeness (QED) is 0.287. The fraction of sp³-hybridized carbons (Fsp3) is 0. The van der Waals surface area contributed by atoms with Gasteiger partial charge in [0.1, 0.15) is 5.01 Å². The fourth-order valence-electron chi connectivity index (χ4n) is 5.20. The van der Waals surface area contributed by atoms with E-state index in [1.54, 1.807) is 11.3 Å².